The standard InChI is InChI=1S/C38H26O/c1-5-15-27(16-6-1)31-25-26-32(28-17-7-2-8-18-28)36(35(31)29-19-9-3-10-20-29)38-34-24-14-13-23-33(34)37(39-38)30-21-11-4-12-22-30/h1-26H. The third-order valence-corrected chi connectivity index (χ3v) is 7.32. The Morgan fingerprint density at radius 3 is 1.18 bits per heavy atom. The lowest BCUT2D eigenvalue weighted by Gasteiger charge is -2.19. The first kappa shape index (κ1) is 23.0. The molecule has 0 unspecified atom stereocenters. The second-order valence-electron chi connectivity index (χ2n) is 9.68. The fourth-order valence-corrected chi connectivity index (χ4v) is 5.54. The van der Waals surface area contributed by atoms with Crippen molar-refractivity contribution in [3.8, 4) is 56.0 Å². The van der Waals surface area contributed by atoms with Crippen LogP contribution in [0.25, 0.3) is 66.8 Å². The van der Waals surface area contributed by atoms with Crippen LogP contribution >= 0.6 is 0 Å². The summed E-state index contributed by atoms with van der Waals surface area (Å²) in [6, 6.07) is 55.4. The zero-order chi connectivity index (χ0) is 26.0. The maximum Gasteiger partial charge on any atom is 0.143 e. The summed E-state index contributed by atoms with van der Waals surface area (Å²) in [6.45, 7) is 0. The van der Waals surface area contributed by atoms with Crippen LogP contribution in [0.5, 0.6) is 0 Å². The second-order valence-corrected chi connectivity index (χ2v) is 9.68. The molecule has 0 aliphatic heterocycles. The van der Waals surface area contributed by atoms with Crippen molar-refractivity contribution in [3.63, 3.8) is 0 Å². The Balaban J connectivity index is 1.64. The van der Waals surface area contributed by atoms with E-state index >= 15 is 0 Å². The molecule has 184 valence electrons. The molecule has 1 heterocycles. The minimum atomic E-state index is 0.889. The van der Waals surface area contributed by atoms with Gasteiger partial charge >= 0.3 is 0 Å². The Labute approximate surface area is 228 Å². The van der Waals surface area contributed by atoms with Gasteiger partial charge in [0.15, 0.2) is 0 Å². The highest BCUT2D eigenvalue weighted by atomic mass is 16.3. The van der Waals surface area contributed by atoms with E-state index in [-0.39, 0.29) is 0 Å². The van der Waals surface area contributed by atoms with Gasteiger partial charge in [0.05, 0.1) is 0 Å². The smallest absolute Gasteiger partial charge is 0.143 e. The third-order valence-electron chi connectivity index (χ3n) is 7.32. The molecule has 0 saturated carbocycles. The second kappa shape index (κ2) is 9.96. The molecule has 39 heavy (non-hydrogen) atoms. The molecule has 0 N–H and O–H groups in total. The largest absolute Gasteiger partial charge is 0.455 e. The van der Waals surface area contributed by atoms with Crippen molar-refractivity contribution >= 4 is 10.8 Å². The van der Waals surface area contributed by atoms with Gasteiger partial charge < -0.3 is 4.42 Å². The maximum absolute atomic E-state index is 6.95. The number of hydrogen-bond donors (Lipinski definition) is 0. The van der Waals surface area contributed by atoms with Crippen LogP contribution in [0.3, 0.4) is 0 Å². The van der Waals surface area contributed by atoms with Gasteiger partial charge in [0.2, 0.25) is 0 Å². The SMILES string of the molecule is c1ccc(-c2ccc(-c3ccccc3)c(-c3oc(-c4ccccc4)c4ccccc34)c2-c2ccccc2)cc1. The molecule has 7 aromatic rings. The predicted octanol–water partition coefficient (Wildman–Crippen LogP) is 10.8. The third kappa shape index (κ3) is 4.15. The summed E-state index contributed by atoms with van der Waals surface area (Å²) >= 11 is 0. The average Bonchev–Trinajstić information content (AvgIpc) is 3.41. The highest BCUT2D eigenvalue weighted by Gasteiger charge is 2.24. The van der Waals surface area contributed by atoms with Crippen LogP contribution in [0.2, 0.25) is 0 Å². The Bertz CT molecular complexity index is 1870. The summed E-state index contributed by atoms with van der Waals surface area (Å²) in [5.41, 5.74) is 9.16. The number of furan rings is 1. The summed E-state index contributed by atoms with van der Waals surface area (Å²) in [5.74, 6) is 1.78. The van der Waals surface area contributed by atoms with E-state index < -0.39 is 0 Å². The van der Waals surface area contributed by atoms with Crippen LogP contribution in [-0.4, -0.2) is 0 Å². The highest BCUT2D eigenvalue weighted by Crippen LogP contribution is 2.49. The van der Waals surface area contributed by atoms with Gasteiger partial charge in [-0.2, -0.15) is 0 Å². The van der Waals surface area contributed by atoms with Crippen molar-refractivity contribution in [2.45, 2.75) is 0 Å². The van der Waals surface area contributed by atoms with Crippen LogP contribution in [0.15, 0.2) is 162 Å². The molecule has 0 saturated heterocycles. The summed E-state index contributed by atoms with van der Waals surface area (Å²) in [4.78, 5) is 0. The molecule has 1 heteroatoms. The number of hydrogen-bond acceptors (Lipinski definition) is 1. The van der Waals surface area contributed by atoms with E-state index in [9.17, 15) is 0 Å². The molecule has 1 nitrogen and oxygen atoms in total. The van der Waals surface area contributed by atoms with Gasteiger partial charge in [0.25, 0.3) is 0 Å². The lowest BCUT2D eigenvalue weighted by Crippen LogP contribution is -1.94. The summed E-state index contributed by atoms with van der Waals surface area (Å²) in [6.07, 6.45) is 0. The fraction of sp³-hybridized carbons (Fsp3) is 0. The maximum atomic E-state index is 6.95. The highest BCUT2D eigenvalue weighted by molar-refractivity contribution is 6.10. The van der Waals surface area contributed by atoms with Crippen molar-refractivity contribution in [1.29, 1.82) is 0 Å². The van der Waals surface area contributed by atoms with Gasteiger partial charge in [-0.15, -0.1) is 0 Å². The molecule has 6 aromatic carbocycles. The number of benzene rings is 6. The van der Waals surface area contributed by atoms with Crippen molar-refractivity contribution in [1.82, 2.24) is 0 Å². The lowest BCUT2D eigenvalue weighted by atomic mass is 9.84. The minimum absolute atomic E-state index is 0.889. The molecule has 0 amide bonds. The molecule has 0 aliphatic rings. The van der Waals surface area contributed by atoms with E-state index in [1.165, 1.54) is 16.7 Å². The quantitative estimate of drug-likeness (QED) is 0.230. The van der Waals surface area contributed by atoms with E-state index in [1.807, 2.05) is 6.07 Å². The Morgan fingerprint density at radius 1 is 0.282 bits per heavy atom. The molecule has 0 atom stereocenters. The van der Waals surface area contributed by atoms with Crippen molar-refractivity contribution < 1.29 is 4.42 Å². The topological polar surface area (TPSA) is 13.1 Å². The Morgan fingerprint density at radius 2 is 0.667 bits per heavy atom. The van der Waals surface area contributed by atoms with Gasteiger partial charge in [0.1, 0.15) is 11.5 Å². The van der Waals surface area contributed by atoms with E-state index in [0.29, 0.717) is 0 Å². The normalized spacial score (nSPS) is 11.1. The zero-order valence-corrected chi connectivity index (χ0v) is 21.4. The van der Waals surface area contributed by atoms with E-state index in [0.717, 1.165) is 50.1 Å². The first-order chi connectivity index (χ1) is 19.4. The first-order valence-corrected chi connectivity index (χ1v) is 13.3. The summed E-state index contributed by atoms with van der Waals surface area (Å²) in [5, 5.41) is 2.22. The van der Waals surface area contributed by atoms with E-state index in [4.69, 9.17) is 4.42 Å². The Hall–Kier alpha value is -5.14. The monoisotopic (exact) mass is 498 g/mol. The molecule has 0 aliphatic carbocycles. The van der Waals surface area contributed by atoms with Crippen LogP contribution < -0.4 is 0 Å². The van der Waals surface area contributed by atoms with Gasteiger partial charge in [-0.3, -0.25) is 0 Å². The Kier molecular flexibility index (Phi) is 5.88. The number of fused-ring (bicyclic) bond motifs is 1. The molecule has 0 bridgehead atoms. The lowest BCUT2D eigenvalue weighted by molar-refractivity contribution is 0.602. The van der Waals surface area contributed by atoms with Crippen LogP contribution in [0.1, 0.15) is 0 Å². The molecule has 1 aromatic heterocycles. The molecule has 0 fully saturated rings. The van der Waals surface area contributed by atoms with Gasteiger partial charge in [-0.1, -0.05) is 158 Å². The van der Waals surface area contributed by atoms with Crippen molar-refractivity contribution in [3.05, 3.63) is 158 Å². The summed E-state index contributed by atoms with van der Waals surface area (Å²) < 4.78 is 6.95. The fourth-order valence-electron chi connectivity index (χ4n) is 5.54. The molecule has 0 radical (unpaired) electrons. The van der Waals surface area contributed by atoms with Gasteiger partial charge in [-0.25, -0.2) is 0 Å². The molecular weight excluding hydrogens is 472 g/mol. The molecule has 7 rings (SSSR count). The van der Waals surface area contributed by atoms with Crippen molar-refractivity contribution in [2.24, 2.45) is 0 Å². The first-order valence-electron chi connectivity index (χ1n) is 13.3. The van der Waals surface area contributed by atoms with Crippen LogP contribution in [-0.2, 0) is 0 Å². The predicted molar refractivity (Wildman–Crippen MR) is 163 cm³/mol. The number of rotatable bonds is 5. The average molecular weight is 499 g/mol. The van der Waals surface area contributed by atoms with Gasteiger partial charge in [-0.05, 0) is 27.8 Å². The molecule has 0 spiro atoms. The minimum Gasteiger partial charge on any atom is -0.455 e. The van der Waals surface area contributed by atoms with Crippen LogP contribution in [0.4, 0.5) is 0 Å². The van der Waals surface area contributed by atoms with Crippen LogP contribution in [0, 0.1) is 0 Å². The van der Waals surface area contributed by atoms with Gasteiger partial charge in [0, 0.05) is 27.5 Å². The van der Waals surface area contributed by atoms with Crippen molar-refractivity contribution in [2.75, 3.05) is 0 Å². The van der Waals surface area contributed by atoms with E-state index in [1.54, 1.807) is 0 Å². The molecular formula is C38H26O. The summed E-state index contributed by atoms with van der Waals surface area (Å²) in [7, 11) is 0. The van der Waals surface area contributed by atoms with E-state index in [2.05, 4.69) is 152 Å². The zero-order valence-electron chi connectivity index (χ0n) is 21.4.